The molecule has 0 atom stereocenters. The van der Waals surface area contributed by atoms with Crippen LogP contribution in [0.15, 0.2) is 30.3 Å². The lowest BCUT2D eigenvalue weighted by Gasteiger charge is -2.21. The van der Waals surface area contributed by atoms with Crippen molar-refractivity contribution < 1.29 is 23.3 Å². The van der Waals surface area contributed by atoms with Gasteiger partial charge in [-0.25, -0.2) is 4.39 Å². The third-order valence-corrected chi connectivity index (χ3v) is 4.10. The van der Waals surface area contributed by atoms with E-state index in [9.17, 15) is 4.39 Å². The number of hydrogen-bond donors (Lipinski definition) is 1. The highest BCUT2D eigenvalue weighted by Crippen LogP contribution is 2.30. The van der Waals surface area contributed by atoms with Crippen LogP contribution in [0.3, 0.4) is 0 Å². The van der Waals surface area contributed by atoms with Gasteiger partial charge in [0.1, 0.15) is 11.6 Å². The quantitative estimate of drug-likeness (QED) is 0.780. The van der Waals surface area contributed by atoms with Crippen LogP contribution in [0.2, 0.25) is 0 Å². The second kappa shape index (κ2) is 8.18. The summed E-state index contributed by atoms with van der Waals surface area (Å²) in [5.41, 5.74) is 2.71. The fraction of sp³-hybridized carbons (Fsp3) is 0.368. The Kier molecular flexibility index (Phi) is 5.73. The molecule has 0 amide bonds. The molecule has 1 N–H and O–H groups in total. The van der Waals surface area contributed by atoms with Crippen molar-refractivity contribution in [3.05, 3.63) is 52.8 Å². The summed E-state index contributed by atoms with van der Waals surface area (Å²) in [6.45, 7) is 1.99. The lowest BCUT2D eigenvalue weighted by atomic mass is 10.1. The molecule has 2 aromatic carbocycles. The first kappa shape index (κ1) is 17.5. The van der Waals surface area contributed by atoms with Crippen LogP contribution in [0, 0.1) is 5.82 Å². The Morgan fingerprint density at radius 2 is 1.96 bits per heavy atom. The highest BCUT2D eigenvalue weighted by atomic mass is 19.1. The van der Waals surface area contributed by atoms with Crippen molar-refractivity contribution in [2.75, 3.05) is 27.6 Å². The number of benzene rings is 2. The molecule has 0 saturated carbocycles. The Labute approximate surface area is 146 Å². The summed E-state index contributed by atoms with van der Waals surface area (Å²) in [7, 11) is 3.23. The number of nitrogens with one attached hydrogen (secondary N) is 1. The summed E-state index contributed by atoms with van der Waals surface area (Å²) in [6, 6.07) is 8.80. The van der Waals surface area contributed by atoms with Crippen LogP contribution in [0.1, 0.15) is 16.7 Å². The van der Waals surface area contributed by atoms with E-state index in [2.05, 4.69) is 5.32 Å². The number of methoxy groups -OCH3 is 2. The molecule has 1 heterocycles. The lowest BCUT2D eigenvalue weighted by Crippen LogP contribution is -2.19. The zero-order chi connectivity index (χ0) is 17.6. The van der Waals surface area contributed by atoms with Gasteiger partial charge in [0, 0.05) is 12.1 Å². The fourth-order valence-corrected chi connectivity index (χ4v) is 2.89. The van der Waals surface area contributed by atoms with Crippen LogP contribution in [0.25, 0.3) is 0 Å². The van der Waals surface area contributed by atoms with Crippen molar-refractivity contribution in [3.8, 4) is 17.2 Å². The minimum absolute atomic E-state index is 0.213. The molecule has 1 aliphatic heterocycles. The first-order chi connectivity index (χ1) is 12.2. The van der Waals surface area contributed by atoms with Crippen molar-refractivity contribution in [1.29, 1.82) is 0 Å². The van der Waals surface area contributed by atoms with Crippen LogP contribution in [-0.4, -0.2) is 27.6 Å². The third-order valence-electron chi connectivity index (χ3n) is 4.10. The Morgan fingerprint density at radius 3 is 2.76 bits per heavy atom. The average Bonchev–Trinajstić information content (AvgIpc) is 2.64. The standard InChI is InChI=1S/C19H22FNO4/c1-22-17-4-3-13(7-18(17)23-2)10-21-6-5-14-8-16(20)9-15-11-24-12-25-19(14)15/h3-4,7-9,21H,5-6,10-12H2,1-2H3. The van der Waals surface area contributed by atoms with Gasteiger partial charge in [-0.15, -0.1) is 0 Å². The number of ether oxygens (including phenoxy) is 4. The molecule has 0 radical (unpaired) electrons. The van der Waals surface area contributed by atoms with Gasteiger partial charge < -0.3 is 24.3 Å². The van der Waals surface area contributed by atoms with Gasteiger partial charge >= 0.3 is 0 Å². The third kappa shape index (κ3) is 4.21. The minimum atomic E-state index is -0.261. The van der Waals surface area contributed by atoms with E-state index in [0.717, 1.165) is 22.4 Å². The van der Waals surface area contributed by atoms with E-state index >= 15 is 0 Å². The zero-order valence-electron chi connectivity index (χ0n) is 14.4. The maximum Gasteiger partial charge on any atom is 0.189 e. The molecule has 5 nitrogen and oxygen atoms in total. The van der Waals surface area contributed by atoms with Crippen molar-refractivity contribution in [2.45, 2.75) is 19.6 Å². The molecular weight excluding hydrogens is 325 g/mol. The molecule has 25 heavy (non-hydrogen) atoms. The smallest absolute Gasteiger partial charge is 0.189 e. The SMILES string of the molecule is COc1ccc(CNCCc2cc(F)cc3c2OCOC3)cc1OC. The highest BCUT2D eigenvalue weighted by molar-refractivity contribution is 5.43. The summed E-state index contributed by atoms with van der Waals surface area (Å²) in [5, 5.41) is 3.36. The number of hydrogen-bond acceptors (Lipinski definition) is 5. The molecule has 6 heteroatoms. The second-order valence-electron chi connectivity index (χ2n) is 5.78. The Hall–Kier alpha value is -2.31. The molecule has 1 aliphatic rings. The Bertz CT molecular complexity index is 736. The molecule has 0 unspecified atom stereocenters. The van der Waals surface area contributed by atoms with Crippen LogP contribution in [0.5, 0.6) is 17.2 Å². The zero-order valence-corrected chi connectivity index (χ0v) is 14.4. The number of fused-ring (bicyclic) bond motifs is 1. The van der Waals surface area contributed by atoms with Crippen molar-refractivity contribution in [1.82, 2.24) is 5.32 Å². The molecule has 3 rings (SSSR count). The van der Waals surface area contributed by atoms with Gasteiger partial charge in [-0.3, -0.25) is 0 Å². The molecule has 0 aliphatic carbocycles. The van der Waals surface area contributed by atoms with Crippen LogP contribution in [-0.2, 0) is 24.3 Å². The van der Waals surface area contributed by atoms with E-state index in [1.54, 1.807) is 14.2 Å². The maximum atomic E-state index is 13.7. The summed E-state index contributed by atoms with van der Waals surface area (Å²) in [6.07, 6.45) is 0.674. The van der Waals surface area contributed by atoms with Gasteiger partial charge in [0.2, 0.25) is 0 Å². The molecule has 2 aromatic rings. The molecule has 0 fully saturated rings. The van der Waals surface area contributed by atoms with Gasteiger partial charge in [0.25, 0.3) is 0 Å². The van der Waals surface area contributed by atoms with E-state index in [1.807, 2.05) is 18.2 Å². The predicted molar refractivity (Wildman–Crippen MR) is 91.6 cm³/mol. The van der Waals surface area contributed by atoms with Crippen molar-refractivity contribution in [3.63, 3.8) is 0 Å². The average molecular weight is 347 g/mol. The minimum Gasteiger partial charge on any atom is -0.493 e. The molecule has 0 aromatic heterocycles. The van der Waals surface area contributed by atoms with Gasteiger partial charge in [-0.2, -0.15) is 0 Å². The first-order valence-corrected chi connectivity index (χ1v) is 8.14. The number of halogens is 1. The van der Waals surface area contributed by atoms with E-state index in [-0.39, 0.29) is 12.6 Å². The van der Waals surface area contributed by atoms with Gasteiger partial charge in [0.05, 0.1) is 20.8 Å². The van der Waals surface area contributed by atoms with Gasteiger partial charge in [0.15, 0.2) is 18.3 Å². The molecule has 0 saturated heterocycles. The molecule has 0 bridgehead atoms. The monoisotopic (exact) mass is 347 g/mol. The summed E-state index contributed by atoms with van der Waals surface area (Å²) >= 11 is 0. The summed E-state index contributed by atoms with van der Waals surface area (Å²) in [5.74, 6) is 1.90. The number of rotatable bonds is 7. The predicted octanol–water partition coefficient (Wildman–Crippen LogP) is 3.04. The van der Waals surface area contributed by atoms with Crippen LogP contribution in [0.4, 0.5) is 4.39 Å². The van der Waals surface area contributed by atoms with Crippen LogP contribution >= 0.6 is 0 Å². The van der Waals surface area contributed by atoms with Crippen molar-refractivity contribution >= 4 is 0 Å². The van der Waals surface area contributed by atoms with Gasteiger partial charge in [-0.1, -0.05) is 6.07 Å². The summed E-state index contributed by atoms with van der Waals surface area (Å²) in [4.78, 5) is 0. The molecule has 0 spiro atoms. The first-order valence-electron chi connectivity index (χ1n) is 8.14. The second-order valence-corrected chi connectivity index (χ2v) is 5.78. The van der Waals surface area contributed by atoms with Crippen LogP contribution < -0.4 is 19.5 Å². The maximum absolute atomic E-state index is 13.7. The topological polar surface area (TPSA) is 49.0 Å². The lowest BCUT2D eigenvalue weighted by molar-refractivity contribution is -0.0172. The normalized spacial score (nSPS) is 13.1. The van der Waals surface area contributed by atoms with Gasteiger partial charge in [-0.05, 0) is 48.4 Å². The molecular formula is C19H22FNO4. The highest BCUT2D eigenvalue weighted by Gasteiger charge is 2.16. The fourth-order valence-electron chi connectivity index (χ4n) is 2.89. The Balaban J connectivity index is 1.58. The van der Waals surface area contributed by atoms with E-state index < -0.39 is 0 Å². The molecule has 134 valence electrons. The Morgan fingerprint density at radius 1 is 1.12 bits per heavy atom. The van der Waals surface area contributed by atoms with E-state index in [0.29, 0.717) is 37.6 Å². The van der Waals surface area contributed by atoms with E-state index in [4.69, 9.17) is 18.9 Å². The largest absolute Gasteiger partial charge is 0.493 e. The van der Waals surface area contributed by atoms with E-state index in [1.165, 1.54) is 12.1 Å². The van der Waals surface area contributed by atoms with Crippen molar-refractivity contribution in [2.24, 2.45) is 0 Å². The summed E-state index contributed by atoms with van der Waals surface area (Å²) < 4.78 is 35.0.